The molecule has 2 rings (SSSR count). The van der Waals surface area contributed by atoms with Gasteiger partial charge in [-0.25, -0.2) is 4.79 Å². The highest BCUT2D eigenvalue weighted by Gasteiger charge is 2.27. The summed E-state index contributed by atoms with van der Waals surface area (Å²) in [7, 11) is 0. The number of carbonyl (C=O) groups excluding carboxylic acids is 3. The van der Waals surface area contributed by atoms with Crippen LogP contribution in [0, 0.1) is 5.92 Å². The molecule has 0 radical (unpaired) electrons. The van der Waals surface area contributed by atoms with Crippen LogP contribution in [0.25, 0.3) is 0 Å². The van der Waals surface area contributed by atoms with Gasteiger partial charge in [0.05, 0.1) is 31.2 Å². The number of hydrogen-bond donors (Lipinski definition) is 1. The van der Waals surface area contributed by atoms with E-state index >= 15 is 0 Å². The summed E-state index contributed by atoms with van der Waals surface area (Å²) in [6, 6.07) is 6.57. The molecule has 1 aliphatic rings. The molecule has 142 valence electrons. The lowest BCUT2D eigenvalue weighted by molar-refractivity contribution is -0.150. The quantitative estimate of drug-likeness (QED) is 0.748. The van der Waals surface area contributed by atoms with Gasteiger partial charge in [-0.05, 0) is 57.5 Å². The summed E-state index contributed by atoms with van der Waals surface area (Å²) in [5.41, 5.74) is 1.06. The van der Waals surface area contributed by atoms with E-state index in [-0.39, 0.29) is 30.3 Å². The van der Waals surface area contributed by atoms with Crippen LogP contribution < -0.4 is 5.32 Å². The van der Waals surface area contributed by atoms with Gasteiger partial charge in [-0.2, -0.15) is 0 Å². The van der Waals surface area contributed by atoms with Gasteiger partial charge in [-0.15, -0.1) is 0 Å². The second-order valence-electron chi connectivity index (χ2n) is 6.17. The lowest BCUT2D eigenvalue weighted by Gasteiger charge is -2.30. The van der Waals surface area contributed by atoms with Crippen molar-refractivity contribution in [3.8, 4) is 0 Å². The van der Waals surface area contributed by atoms with Gasteiger partial charge < -0.3 is 14.8 Å². The van der Waals surface area contributed by atoms with Crippen molar-refractivity contribution in [1.29, 1.82) is 0 Å². The molecule has 7 nitrogen and oxygen atoms in total. The van der Waals surface area contributed by atoms with Gasteiger partial charge in [0.2, 0.25) is 5.91 Å². The monoisotopic (exact) mass is 362 g/mol. The Hall–Kier alpha value is -2.41. The van der Waals surface area contributed by atoms with Crippen LogP contribution in [0.15, 0.2) is 24.3 Å². The minimum Gasteiger partial charge on any atom is -0.466 e. The first-order chi connectivity index (χ1) is 12.5. The second-order valence-corrected chi connectivity index (χ2v) is 6.17. The molecular formula is C19H26N2O5. The van der Waals surface area contributed by atoms with Crippen LogP contribution in [0.1, 0.15) is 37.0 Å². The van der Waals surface area contributed by atoms with Gasteiger partial charge in [0.25, 0.3) is 0 Å². The van der Waals surface area contributed by atoms with Crippen molar-refractivity contribution in [2.75, 3.05) is 38.2 Å². The molecule has 1 aromatic carbocycles. The Kier molecular flexibility index (Phi) is 7.59. The van der Waals surface area contributed by atoms with Gasteiger partial charge in [-0.1, -0.05) is 0 Å². The smallest absolute Gasteiger partial charge is 0.338 e. The summed E-state index contributed by atoms with van der Waals surface area (Å²) >= 11 is 0. The van der Waals surface area contributed by atoms with Gasteiger partial charge in [0.15, 0.2) is 0 Å². The van der Waals surface area contributed by atoms with Crippen LogP contribution in [-0.2, 0) is 19.1 Å². The minimum atomic E-state index is -0.385. The van der Waals surface area contributed by atoms with Crippen LogP contribution in [0.2, 0.25) is 0 Å². The van der Waals surface area contributed by atoms with E-state index in [2.05, 4.69) is 5.32 Å². The minimum absolute atomic E-state index is 0.154. The van der Waals surface area contributed by atoms with E-state index in [1.165, 1.54) is 0 Å². The van der Waals surface area contributed by atoms with E-state index in [4.69, 9.17) is 9.47 Å². The Balaban J connectivity index is 1.84. The van der Waals surface area contributed by atoms with Gasteiger partial charge in [0, 0.05) is 12.2 Å². The molecule has 0 aromatic heterocycles. The number of benzene rings is 1. The number of ether oxygens (including phenoxy) is 2. The van der Waals surface area contributed by atoms with Crippen molar-refractivity contribution in [3.63, 3.8) is 0 Å². The molecule has 1 saturated heterocycles. The number of esters is 2. The topological polar surface area (TPSA) is 84.9 Å². The Morgan fingerprint density at radius 2 is 1.81 bits per heavy atom. The van der Waals surface area contributed by atoms with Crippen molar-refractivity contribution in [3.05, 3.63) is 29.8 Å². The Labute approximate surface area is 153 Å². The average Bonchev–Trinajstić information content (AvgIpc) is 2.63. The highest BCUT2D eigenvalue weighted by atomic mass is 16.5. The van der Waals surface area contributed by atoms with Crippen LogP contribution in [0.4, 0.5) is 5.69 Å². The number of anilines is 1. The third-order valence-electron chi connectivity index (χ3n) is 4.17. The maximum absolute atomic E-state index is 12.2. The summed E-state index contributed by atoms with van der Waals surface area (Å²) in [4.78, 5) is 37.7. The third kappa shape index (κ3) is 5.84. The number of likely N-dealkylation sites (tertiary alicyclic amines) is 1. The summed E-state index contributed by atoms with van der Waals surface area (Å²) in [5.74, 6) is -0.894. The number of hydrogen-bond acceptors (Lipinski definition) is 6. The SMILES string of the molecule is CCOC(=O)c1ccc(NC(=O)CN2CCC[C@H](C(=O)OCC)C2)cc1. The molecule has 1 atom stereocenters. The zero-order chi connectivity index (χ0) is 18.9. The number of nitrogens with zero attached hydrogens (tertiary/aromatic N) is 1. The first-order valence-electron chi connectivity index (χ1n) is 8.99. The number of carbonyl (C=O) groups is 3. The summed E-state index contributed by atoms with van der Waals surface area (Å²) < 4.78 is 10.00. The number of nitrogens with one attached hydrogen (secondary N) is 1. The molecule has 7 heteroatoms. The van der Waals surface area contributed by atoms with E-state index in [0.29, 0.717) is 31.0 Å². The first kappa shape index (κ1) is 19.9. The normalized spacial score (nSPS) is 17.4. The molecule has 1 amide bonds. The molecule has 1 heterocycles. The fourth-order valence-corrected chi connectivity index (χ4v) is 2.96. The molecule has 0 bridgehead atoms. The van der Waals surface area contributed by atoms with E-state index in [9.17, 15) is 14.4 Å². The largest absolute Gasteiger partial charge is 0.466 e. The van der Waals surface area contributed by atoms with Crippen molar-refractivity contribution in [2.45, 2.75) is 26.7 Å². The number of amides is 1. The third-order valence-corrected chi connectivity index (χ3v) is 4.17. The van der Waals surface area contributed by atoms with Crippen molar-refractivity contribution in [2.24, 2.45) is 5.92 Å². The maximum Gasteiger partial charge on any atom is 0.338 e. The summed E-state index contributed by atoms with van der Waals surface area (Å²) in [5, 5.41) is 2.81. The van der Waals surface area contributed by atoms with Crippen LogP contribution in [-0.4, -0.2) is 55.6 Å². The van der Waals surface area contributed by atoms with Crippen molar-refractivity contribution in [1.82, 2.24) is 4.90 Å². The lowest BCUT2D eigenvalue weighted by Crippen LogP contribution is -2.43. The fourth-order valence-electron chi connectivity index (χ4n) is 2.96. The van der Waals surface area contributed by atoms with Crippen LogP contribution in [0.3, 0.4) is 0 Å². The first-order valence-corrected chi connectivity index (χ1v) is 8.99. The Bertz CT molecular complexity index is 629. The van der Waals surface area contributed by atoms with E-state index in [1.807, 2.05) is 4.90 Å². The average molecular weight is 362 g/mol. The predicted molar refractivity (Wildman–Crippen MR) is 96.8 cm³/mol. The van der Waals surface area contributed by atoms with E-state index in [0.717, 1.165) is 19.4 Å². The standard InChI is InChI=1S/C19H26N2O5/c1-3-25-18(23)14-7-9-16(10-8-14)20-17(22)13-21-11-5-6-15(12-21)19(24)26-4-2/h7-10,15H,3-6,11-13H2,1-2H3,(H,20,22)/t15-/m0/s1. The zero-order valence-electron chi connectivity index (χ0n) is 15.3. The lowest BCUT2D eigenvalue weighted by atomic mass is 9.98. The van der Waals surface area contributed by atoms with E-state index < -0.39 is 0 Å². The van der Waals surface area contributed by atoms with Gasteiger partial charge in [-0.3, -0.25) is 14.5 Å². The molecule has 0 aliphatic carbocycles. The molecule has 26 heavy (non-hydrogen) atoms. The van der Waals surface area contributed by atoms with Crippen molar-refractivity contribution >= 4 is 23.5 Å². The zero-order valence-corrected chi connectivity index (χ0v) is 15.3. The van der Waals surface area contributed by atoms with Gasteiger partial charge >= 0.3 is 11.9 Å². The van der Waals surface area contributed by atoms with Crippen LogP contribution in [0.5, 0.6) is 0 Å². The summed E-state index contributed by atoms with van der Waals surface area (Å²) in [6.07, 6.45) is 1.66. The predicted octanol–water partition coefficient (Wildman–Crippen LogP) is 2.08. The maximum atomic E-state index is 12.2. The highest BCUT2D eigenvalue weighted by molar-refractivity contribution is 5.94. The second kappa shape index (κ2) is 9.91. The Morgan fingerprint density at radius 3 is 2.46 bits per heavy atom. The van der Waals surface area contributed by atoms with Gasteiger partial charge in [0.1, 0.15) is 0 Å². The molecular weight excluding hydrogens is 336 g/mol. The molecule has 1 fully saturated rings. The number of piperidine rings is 1. The summed E-state index contributed by atoms with van der Waals surface area (Å²) in [6.45, 7) is 5.77. The number of rotatable bonds is 7. The molecule has 1 aliphatic heterocycles. The highest BCUT2D eigenvalue weighted by Crippen LogP contribution is 2.18. The molecule has 0 unspecified atom stereocenters. The molecule has 0 saturated carbocycles. The fraction of sp³-hybridized carbons (Fsp3) is 0.526. The molecule has 0 spiro atoms. The van der Waals surface area contributed by atoms with E-state index in [1.54, 1.807) is 38.1 Å². The van der Waals surface area contributed by atoms with Crippen molar-refractivity contribution < 1.29 is 23.9 Å². The molecule has 1 aromatic rings. The Morgan fingerprint density at radius 1 is 1.12 bits per heavy atom. The van der Waals surface area contributed by atoms with Crippen LogP contribution >= 0.6 is 0 Å². The molecule has 1 N–H and O–H groups in total.